The van der Waals surface area contributed by atoms with E-state index in [2.05, 4.69) is 32.0 Å². The summed E-state index contributed by atoms with van der Waals surface area (Å²) in [6.45, 7) is 6.01. The first-order chi connectivity index (χ1) is 8.00. The summed E-state index contributed by atoms with van der Waals surface area (Å²) in [5.41, 5.74) is 3.72. The van der Waals surface area contributed by atoms with Crippen molar-refractivity contribution in [2.24, 2.45) is 11.8 Å². The first-order valence-corrected chi connectivity index (χ1v) is 6.30. The van der Waals surface area contributed by atoms with Gasteiger partial charge in [0.2, 0.25) is 0 Å². The molecule has 1 fully saturated rings. The maximum Gasteiger partial charge on any atom is 0.306 e. The molecule has 1 saturated carbocycles. The number of aryl methyl sites for hydroxylation is 2. The average molecular weight is 232 g/mol. The van der Waals surface area contributed by atoms with E-state index >= 15 is 0 Å². The molecule has 2 nitrogen and oxygen atoms in total. The molecule has 0 aliphatic heterocycles. The molecule has 1 aromatic carbocycles. The van der Waals surface area contributed by atoms with Crippen molar-refractivity contribution in [3.05, 3.63) is 34.9 Å². The van der Waals surface area contributed by atoms with Gasteiger partial charge in [-0.15, -0.1) is 0 Å². The number of carbonyl (C=O) groups is 1. The van der Waals surface area contributed by atoms with E-state index in [9.17, 15) is 9.90 Å². The zero-order valence-corrected chi connectivity index (χ0v) is 10.7. The fraction of sp³-hybridized carbons (Fsp3) is 0.533. The minimum atomic E-state index is -0.680. The Balaban J connectivity index is 2.32. The van der Waals surface area contributed by atoms with Crippen LogP contribution in [0.2, 0.25) is 0 Å². The molecule has 0 radical (unpaired) electrons. The van der Waals surface area contributed by atoms with Crippen LogP contribution in [0.5, 0.6) is 0 Å². The van der Waals surface area contributed by atoms with Crippen LogP contribution in [0.3, 0.4) is 0 Å². The smallest absolute Gasteiger partial charge is 0.306 e. The summed E-state index contributed by atoms with van der Waals surface area (Å²) >= 11 is 0. The van der Waals surface area contributed by atoms with E-state index in [1.54, 1.807) is 0 Å². The van der Waals surface area contributed by atoms with Crippen LogP contribution in [0.4, 0.5) is 0 Å². The van der Waals surface area contributed by atoms with E-state index in [1.165, 1.54) is 29.5 Å². The van der Waals surface area contributed by atoms with Crippen molar-refractivity contribution in [3.63, 3.8) is 0 Å². The highest BCUT2D eigenvalue weighted by Crippen LogP contribution is 2.46. The maximum absolute atomic E-state index is 11.2. The Labute approximate surface area is 103 Å². The van der Waals surface area contributed by atoms with Crippen molar-refractivity contribution in [2.75, 3.05) is 0 Å². The summed E-state index contributed by atoms with van der Waals surface area (Å²) in [5.74, 6) is -0.209. The molecule has 2 atom stereocenters. The lowest BCUT2D eigenvalue weighted by atomic mass is 9.82. The van der Waals surface area contributed by atoms with Gasteiger partial charge in [-0.05, 0) is 55.2 Å². The molecule has 2 unspecified atom stereocenters. The van der Waals surface area contributed by atoms with Gasteiger partial charge in [0.25, 0.3) is 0 Å². The molecule has 1 N–H and O–H groups in total. The summed E-state index contributed by atoms with van der Waals surface area (Å²) in [7, 11) is 0. The predicted octanol–water partition coefficient (Wildman–Crippen LogP) is 3.52. The van der Waals surface area contributed by atoms with Crippen LogP contribution in [0.15, 0.2) is 18.2 Å². The molecule has 92 valence electrons. The highest BCUT2D eigenvalue weighted by Gasteiger charge is 2.38. The monoisotopic (exact) mass is 232 g/mol. The maximum atomic E-state index is 11.2. The fourth-order valence-corrected chi connectivity index (χ4v) is 2.55. The zero-order chi connectivity index (χ0) is 12.6. The van der Waals surface area contributed by atoms with E-state index in [0.717, 1.165) is 0 Å². The Morgan fingerprint density at radius 1 is 1.29 bits per heavy atom. The third kappa shape index (κ3) is 2.51. The molecule has 0 heterocycles. The predicted molar refractivity (Wildman–Crippen MR) is 68.2 cm³/mol. The van der Waals surface area contributed by atoms with E-state index in [4.69, 9.17) is 0 Å². The average Bonchev–Trinajstić information content (AvgIpc) is 3.07. The van der Waals surface area contributed by atoms with Gasteiger partial charge in [-0.2, -0.15) is 0 Å². The third-order valence-electron chi connectivity index (χ3n) is 3.97. The lowest BCUT2D eigenvalue weighted by Crippen LogP contribution is -2.20. The van der Waals surface area contributed by atoms with Gasteiger partial charge in [-0.1, -0.05) is 25.1 Å². The quantitative estimate of drug-likeness (QED) is 0.862. The van der Waals surface area contributed by atoms with Crippen LogP contribution in [0.1, 0.15) is 42.4 Å². The van der Waals surface area contributed by atoms with Crippen LogP contribution in [0, 0.1) is 25.7 Å². The van der Waals surface area contributed by atoms with Crippen molar-refractivity contribution in [1.82, 2.24) is 0 Å². The normalized spacial score (nSPS) is 18.8. The largest absolute Gasteiger partial charge is 0.481 e. The number of benzene rings is 1. The lowest BCUT2D eigenvalue weighted by Gasteiger charge is -2.22. The van der Waals surface area contributed by atoms with Gasteiger partial charge in [-0.25, -0.2) is 0 Å². The Hall–Kier alpha value is -1.31. The Bertz CT molecular complexity index is 433. The second-order valence-corrected chi connectivity index (χ2v) is 5.33. The van der Waals surface area contributed by atoms with Gasteiger partial charge in [-0.3, -0.25) is 4.79 Å². The molecular formula is C15H20O2. The van der Waals surface area contributed by atoms with Crippen molar-refractivity contribution in [2.45, 2.75) is 39.5 Å². The van der Waals surface area contributed by atoms with Crippen molar-refractivity contribution in [3.8, 4) is 0 Å². The van der Waals surface area contributed by atoms with Crippen LogP contribution in [-0.4, -0.2) is 11.1 Å². The van der Waals surface area contributed by atoms with E-state index in [0.29, 0.717) is 5.92 Å². The molecule has 0 aromatic heterocycles. The molecule has 1 aromatic rings. The molecule has 0 bridgehead atoms. The van der Waals surface area contributed by atoms with E-state index in [-0.39, 0.29) is 11.8 Å². The summed E-state index contributed by atoms with van der Waals surface area (Å²) < 4.78 is 0. The molecule has 2 rings (SSSR count). The second kappa shape index (κ2) is 4.52. The standard InChI is InChI=1S/C15H20O2/c1-9-4-5-13(8-10(9)2)14(12-6-7-12)11(3)15(16)17/h4-5,8,11-12,14H,6-7H2,1-3H3,(H,16,17). The highest BCUT2D eigenvalue weighted by atomic mass is 16.4. The van der Waals surface area contributed by atoms with E-state index < -0.39 is 5.97 Å². The van der Waals surface area contributed by atoms with Crippen molar-refractivity contribution < 1.29 is 9.90 Å². The van der Waals surface area contributed by atoms with Crippen LogP contribution >= 0.6 is 0 Å². The van der Waals surface area contributed by atoms with Gasteiger partial charge in [0.05, 0.1) is 5.92 Å². The van der Waals surface area contributed by atoms with Crippen LogP contribution in [-0.2, 0) is 4.79 Å². The highest BCUT2D eigenvalue weighted by molar-refractivity contribution is 5.71. The zero-order valence-electron chi connectivity index (χ0n) is 10.7. The van der Waals surface area contributed by atoms with Gasteiger partial charge in [0.15, 0.2) is 0 Å². The summed E-state index contributed by atoms with van der Waals surface area (Å²) in [4.78, 5) is 11.2. The molecule has 2 heteroatoms. The first kappa shape index (κ1) is 12.2. The summed E-state index contributed by atoms with van der Waals surface area (Å²) in [6, 6.07) is 6.37. The number of hydrogen-bond acceptors (Lipinski definition) is 1. The van der Waals surface area contributed by atoms with Gasteiger partial charge in [0, 0.05) is 0 Å². The Kier molecular flexibility index (Phi) is 3.23. The number of aliphatic carboxylic acids is 1. The number of rotatable bonds is 4. The first-order valence-electron chi connectivity index (χ1n) is 6.30. The van der Waals surface area contributed by atoms with Crippen LogP contribution < -0.4 is 0 Å². The minimum absolute atomic E-state index is 0.187. The Morgan fingerprint density at radius 2 is 1.94 bits per heavy atom. The molecule has 17 heavy (non-hydrogen) atoms. The van der Waals surface area contributed by atoms with E-state index in [1.807, 2.05) is 6.92 Å². The van der Waals surface area contributed by atoms with Gasteiger partial charge in [0.1, 0.15) is 0 Å². The molecule has 1 aliphatic carbocycles. The van der Waals surface area contributed by atoms with Gasteiger partial charge < -0.3 is 5.11 Å². The SMILES string of the molecule is Cc1ccc(C(C2CC2)C(C)C(=O)O)cc1C. The number of carboxylic acid groups (broad SMARTS) is 1. The van der Waals surface area contributed by atoms with Gasteiger partial charge >= 0.3 is 5.97 Å². The number of carboxylic acids is 1. The molecular weight excluding hydrogens is 212 g/mol. The topological polar surface area (TPSA) is 37.3 Å². The second-order valence-electron chi connectivity index (χ2n) is 5.33. The molecule has 1 aliphatic rings. The lowest BCUT2D eigenvalue weighted by molar-refractivity contribution is -0.142. The molecule has 0 amide bonds. The molecule has 0 spiro atoms. The third-order valence-corrected chi connectivity index (χ3v) is 3.97. The number of hydrogen-bond donors (Lipinski definition) is 1. The van der Waals surface area contributed by atoms with Crippen LogP contribution in [0.25, 0.3) is 0 Å². The minimum Gasteiger partial charge on any atom is -0.481 e. The summed E-state index contributed by atoms with van der Waals surface area (Å²) in [6.07, 6.45) is 2.35. The molecule has 0 saturated heterocycles. The Morgan fingerprint density at radius 3 is 2.41 bits per heavy atom. The fourth-order valence-electron chi connectivity index (χ4n) is 2.55. The summed E-state index contributed by atoms with van der Waals surface area (Å²) in [5, 5.41) is 9.21. The van der Waals surface area contributed by atoms with Crippen molar-refractivity contribution >= 4 is 5.97 Å². The van der Waals surface area contributed by atoms with Crippen molar-refractivity contribution in [1.29, 1.82) is 0 Å².